The highest BCUT2D eigenvalue weighted by atomic mass is 35.5. The number of hydrogen-bond donors (Lipinski definition) is 1. The molecule has 7 heteroatoms. The van der Waals surface area contributed by atoms with Crippen molar-refractivity contribution in [3.8, 4) is 0 Å². The van der Waals surface area contributed by atoms with Crippen molar-refractivity contribution in [2.45, 2.75) is 0 Å². The Balaban J connectivity index is 2.08. The first kappa shape index (κ1) is 14.9. The van der Waals surface area contributed by atoms with Crippen molar-refractivity contribution < 1.29 is 4.74 Å². The van der Waals surface area contributed by atoms with Crippen LogP contribution < -0.4 is 5.43 Å². The summed E-state index contributed by atoms with van der Waals surface area (Å²) in [5, 5.41) is 4.06. The van der Waals surface area contributed by atoms with Gasteiger partial charge in [0, 0.05) is 23.1 Å². The van der Waals surface area contributed by atoms with E-state index >= 15 is 0 Å². The van der Waals surface area contributed by atoms with E-state index in [1.165, 1.54) is 0 Å². The van der Waals surface area contributed by atoms with Gasteiger partial charge in [-0.05, 0) is 24.5 Å². The average Bonchev–Trinajstić information content (AvgIpc) is 2.38. The van der Waals surface area contributed by atoms with Gasteiger partial charge in [-0.2, -0.15) is 0 Å². The van der Waals surface area contributed by atoms with E-state index in [4.69, 9.17) is 27.9 Å². The molecule has 0 atom stereocenters. The van der Waals surface area contributed by atoms with E-state index in [9.17, 15) is 0 Å². The molecule has 19 heavy (non-hydrogen) atoms. The van der Waals surface area contributed by atoms with Crippen molar-refractivity contribution in [1.82, 2.24) is 10.4 Å². The number of hydrazine groups is 1. The molecular formula is C12H15Cl2N3OS. The van der Waals surface area contributed by atoms with Gasteiger partial charge in [0.05, 0.1) is 18.9 Å². The van der Waals surface area contributed by atoms with Crippen LogP contribution >= 0.6 is 35.0 Å². The van der Waals surface area contributed by atoms with E-state index in [1.54, 1.807) is 30.0 Å². The number of benzene rings is 1. The number of morpholine rings is 1. The number of nitrogens with one attached hydrogen (secondary N) is 1. The average molecular weight is 320 g/mol. The molecule has 0 aliphatic carbocycles. The summed E-state index contributed by atoms with van der Waals surface area (Å²) >= 11 is 13.5. The Kier molecular flexibility index (Phi) is 5.78. The zero-order valence-corrected chi connectivity index (χ0v) is 12.9. The highest BCUT2D eigenvalue weighted by Crippen LogP contribution is 2.25. The predicted octanol–water partition coefficient (Wildman–Crippen LogP) is 3.18. The fraction of sp³-hybridized carbons (Fsp3) is 0.417. The predicted molar refractivity (Wildman–Crippen MR) is 82.6 cm³/mol. The minimum Gasteiger partial charge on any atom is -0.379 e. The number of hydrogen-bond acceptors (Lipinski definition) is 4. The summed E-state index contributed by atoms with van der Waals surface area (Å²) in [6, 6.07) is 5.26. The molecule has 0 radical (unpaired) electrons. The third kappa shape index (κ3) is 4.85. The van der Waals surface area contributed by atoms with Crippen LogP contribution in [0, 0.1) is 0 Å². The topological polar surface area (TPSA) is 36.9 Å². The smallest absolute Gasteiger partial charge is 0.176 e. The van der Waals surface area contributed by atoms with Gasteiger partial charge >= 0.3 is 0 Å². The number of aliphatic imine (C=N–C) groups is 1. The molecule has 104 valence electrons. The molecule has 0 amide bonds. The van der Waals surface area contributed by atoms with Gasteiger partial charge < -0.3 is 4.74 Å². The third-order valence-corrected chi connectivity index (χ3v) is 3.54. The summed E-state index contributed by atoms with van der Waals surface area (Å²) in [5.41, 5.74) is 4.01. The van der Waals surface area contributed by atoms with E-state index in [0.29, 0.717) is 10.0 Å². The van der Waals surface area contributed by atoms with Crippen molar-refractivity contribution in [3.05, 3.63) is 28.2 Å². The normalized spacial score (nSPS) is 17.5. The fourth-order valence-corrected chi connectivity index (χ4v) is 2.58. The standard InChI is InChI=1S/C12H15Cl2N3OS/c1-19-12(16-17-2-4-18-5-3-17)15-11-7-9(13)6-10(14)8-11/h6-8H,2-5H2,1H3,(H,15,16). The summed E-state index contributed by atoms with van der Waals surface area (Å²) in [7, 11) is 0. The lowest BCUT2D eigenvalue weighted by Crippen LogP contribution is -2.47. The molecule has 1 aliphatic heterocycles. The van der Waals surface area contributed by atoms with E-state index < -0.39 is 0 Å². The van der Waals surface area contributed by atoms with Crippen molar-refractivity contribution in [3.63, 3.8) is 0 Å². The Morgan fingerprint density at radius 1 is 1.26 bits per heavy atom. The molecule has 1 aromatic rings. The van der Waals surface area contributed by atoms with Gasteiger partial charge in [0.25, 0.3) is 0 Å². The van der Waals surface area contributed by atoms with E-state index in [-0.39, 0.29) is 0 Å². The van der Waals surface area contributed by atoms with Crippen LogP contribution in [0.3, 0.4) is 0 Å². The molecule has 0 saturated carbocycles. The summed E-state index contributed by atoms with van der Waals surface area (Å²) in [6.07, 6.45) is 1.97. The molecular weight excluding hydrogens is 305 g/mol. The first-order chi connectivity index (χ1) is 9.17. The monoisotopic (exact) mass is 319 g/mol. The molecule has 0 aromatic heterocycles. The van der Waals surface area contributed by atoms with Gasteiger partial charge in [0.15, 0.2) is 5.17 Å². The summed E-state index contributed by atoms with van der Waals surface area (Å²) in [4.78, 5) is 4.51. The Hall–Kier alpha value is -0.460. The zero-order chi connectivity index (χ0) is 13.7. The first-order valence-corrected chi connectivity index (χ1v) is 7.83. The molecule has 0 spiro atoms. The molecule has 1 fully saturated rings. The van der Waals surface area contributed by atoms with Gasteiger partial charge in [-0.15, -0.1) is 0 Å². The molecule has 1 saturated heterocycles. The van der Waals surface area contributed by atoms with Gasteiger partial charge in [-0.3, -0.25) is 5.43 Å². The number of amidine groups is 1. The van der Waals surface area contributed by atoms with Crippen molar-refractivity contribution in [2.75, 3.05) is 32.6 Å². The van der Waals surface area contributed by atoms with Crippen LogP contribution in [0.4, 0.5) is 5.69 Å². The summed E-state index contributed by atoms with van der Waals surface area (Å²) < 4.78 is 5.30. The second kappa shape index (κ2) is 7.36. The van der Waals surface area contributed by atoms with Crippen LogP contribution in [-0.4, -0.2) is 42.7 Å². The molecule has 0 unspecified atom stereocenters. The Labute approximate surface area is 127 Å². The van der Waals surface area contributed by atoms with Crippen molar-refractivity contribution >= 4 is 45.8 Å². The molecule has 2 rings (SSSR count). The maximum atomic E-state index is 5.96. The largest absolute Gasteiger partial charge is 0.379 e. The lowest BCUT2D eigenvalue weighted by Gasteiger charge is -2.27. The number of rotatable bonds is 2. The minimum atomic E-state index is 0.582. The van der Waals surface area contributed by atoms with Gasteiger partial charge in [0.1, 0.15) is 0 Å². The maximum Gasteiger partial charge on any atom is 0.176 e. The Morgan fingerprint density at radius 3 is 2.47 bits per heavy atom. The lowest BCUT2D eigenvalue weighted by molar-refractivity contribution is 0.0254. The summed E-state index contributed by atoms with van der Waals surface area (Å²) in [5.74, 6) is 0. The molecule has 4 nitrogen and oxygen atoms in total. The maximum absolute atomic E-state index is 5.96. The molecule has 1 aliphatic rings. The molecule has 0 bridgehead atoms. The van der Waals surface area contributed by atoms with E-state index in [1.807, 2.05) is 6.26 Å². The zero-order valence-electron chi connectivity index (χ0n) is 10.5. The van der Waals surface area contributed by atoms with Gasteiger partial charge in [-0.25, -0.2) is 10.0 Å². The SMILES string of the molecule is CSC(=Nc1cc(Cl)cc(Cl)c1)NN1CCOCC1. The number of ether oxygens (including phenoxy) is 1. The third-order valence-electron chi connectivity index (χ3n) is 2.54. The molecule has 1 heterocycles. The van der Waals surface area contributed by atoms with Crippen molar-refractivity contribution in [1.29, 1.82) is 0 Å². The van der Waals surface area contributed by atoms with Crippen LogP contribution in [0.15, 0.2) is 23.2 Å². The highest BCUT2D eigenvalue weighted by Gasteiger charge is 2.11. The quantitative estimate of drug-likeness (QED) is 0.671. The van der Waals surface area contributed by atoms with E-state index in [2.05, 4.69) is 15.4 Å². The number of thioether (sulfide) groups is 1. The highest BCUT2D eigenvalue weighted by molar-refractivity contribution is 8.13. The Bertz CT molecular complexity index is 444. The van der Waals surface area contributed by atoms with E-state index in [0.717, 1.165) is 37.2 Å². The second-order valence-corrected chi connectivity index (χ2v) is 5.63. The Morgan fingerprint density at radius 2 is 1.89 bits per heavy atom. The van der Waals surface area contributed by atoms with Crippen LogP contribution in [0.1, 0.15) is 0 Å². The van der Waals surface area contributed by atoms with Crippen LogP contribution in [-0.2, 0) is 4.74 Å². The van der Waals surface area contributed by atoms with Gasteiger partial charge in [-0.1, -0.05) is 35.0 Å². The summed E-state index contributed by atoms with van der Waals surface area (Å²) in [6.45, 7) is 3.15. The van der Waals surface area contributed by atoms with Crippen LogP contribution in [0.5, 0.6) is 0 Å². The number of nitrogens with zero attached hydrogens (tertiary/aromatic N) is 2. The molecule has 1 aromatic carbocycles. The minimum absolute atomic E-state index is 0.582. The fourth-order valence-electron chi connectivity index (χ4n) is 1.65. The van der Waals surface area contributed by atoms with Crippen LogP contribution in [0.25, 0.3) is 0 Å². The second-order valence-electron chi connectivity index (χ2n) is 3.96. The van der Waals surface area contributed by atoms with Crippen LogP contribution in [0.2, 0.25) is 10.0 Å². The first-order valence-electron chi connectivity index (χ1n) is 5.85. The molecule has 1 N–H and O–H groups in total. The lowest BCUT2D eigenvalue weighted by atomic mass is 10.3. The number of halogens is 2. The van der Waals surface area contributed by atoms with Gasteiger partial charge in [0.2, 0.25) is 0 Å². The van der Waals surface area contributed by atoms with Crippen molar-refractivity contribution in [2.24, 2.45) is 4.99 Å².